The van der Waals surface area contributed by atoms with Gasteiger partial charge in [0.2, 0.25) is 0 Å². The molecule has 0 fully saturated rings. The largest absolute Gasteiger partial charge is 0.309 e. The van der Waals surface area contributed by atoms with E-state index in [0.29, 0.717) is 0 Å². The predicted molar refractivity (Wildman–Crippen MR) is 88.6 cm³/mol. The van der Waals surface area contributed by atoms with Gasteiger partial charge in [0.05, 0.1) is 11.6 Å². The van der Waals surface area contributed by atoms with Crippen molar-refractivity contribution in [1.29, 1.82) is 0 Å². The average molecular weight is 276 g/mol. The van der Waals surface area contributed by atoms with Gasteiger partial charge >= 0.3 is 0 Å². The molecule has 1 aromatic heterocycles. The van der Waals surface area contributed by atoms with Crippen molar-refractivity contribution in [1.82, 2.24) is 10.3 Å². The number of nitrogens with one attached hydrogen (secondary N) is 1. The SMILES string of the molecule is CNC(c1ccc(C)cc1)c1cc(C)nc2ccccc12. The molecule has 0 aliphatic rings. The number of pyridine rings is 1. The first-order chi connectivity index (χ1) is 10.2. The summed E-state index contributed by atoms with van der Waals surface area (Å²) in [7, 11) is 2.01. The Morgan fingerprint density at radius 1 is 0.952 bits per heavy atom. The monoisotopic (exact) mass is 276 g/mol. The maximum atomic E-state index is 4.63. The molecule has 2 aromatic carbocycles. The first-order valence-electron chi connectivity index (χ1n) is 7.29. The molecule has 0 saturated carbocycles. The van der Waals surface area contributed by atoms with Crippen LogP contribution in [0.1, 0.15) is 28.4 Å². The lowest BCUT2D eigenvalue weighted by atomic mass is 9.94. The molecule has 21 heavy (non-hydrogen) atoms. The lowest BCUT2D eigenvalue weighted by Crippen LogP contribution is -2.18. The third kappa shape index (κ3) is 2.67. The Hall–Kier alpha value is -2.19. The summed E-state index contributed by atoms with van der Waals surface area (Å²) in [6.07, 6.45) is 0. The molecule has 3 rings (SSSR count). The predicted octanol–water partition coefficient (Wildman–Crippen LogP) is 4.16. The molecule has 106 valence electrons. The number of nitrogens with zero attached hydrogens (tertiary/aromatic N) is 1. The van der Waals surface area contributed by atoms with E-state index in [2.05, 4.69) is 72.7 Å². The van der Waals surface area contributed by atoms with Crippen LogP contribution in [0.15, 0.2) is 54.6 Å². The zero-order chi connectivity index (χ0) is 14.8. The van der Waals surface area contributed by atoms with E-state index < -0.39 is 0 Å². The molecule has 0 radical (unpaired) electrons. The van der Waals surface area contributed by atoms with Crippen LogP contribution in [0.2, 0.25) is 0 Å². The summed E-state index contributed by atoms with van der Waals surface area (Å²) in [5.74, 6) is 0. The number of fused-ring (bicyclic) bond motifs is 1. The van der Waals surface area contributed by atoms with Gasteiger partial charge in [0, 0.05) is 11.1 Å². The van der Waals surface area contributed by atoms with Crippen molar-refractivity contribution in [2.24, 2.45) is 0 Å². The quantitative estimate of drug-likeness (QED) is 0.777. The zero-order valence-electron chi connectivity index (χ0n) is 12.7. The highest BCUT2D eigenvalue weighted by Gasteiger charge is 2.15. The standard InChI is InChI=1S/C19H20N2/c1-13-8-10-15(11-9-13)19(20-3)17-12-14(2)21-18-7-5-4-6-16(17)18/h4-12,19-20H,1-3H3. The maximum Gasteiger partial charge on any atom is 0.0708 e. The maximum absolute atomic E-state index is 4.63. The Morgan fingerprint density at radius 3 is 2.38 bits per heavy atom. The number of benzene rings is 2. The second kappa shape index (κ2) is 5.66. The first kappa shape index (κ1) is 13.8. The van der Waals surface area contributed by atoms with Crippen molar-refractivity contribution in [3.63, 3.8) is 0 Å². The van der Waals surface area contributed by atoms with Crippen molar-refractivity contribution in [2.45, 2.75) is 19.9 Å². The second-order valence-corrected chi connectivity index (χ2v) is 5.50. The number of rotatable bonds is 3. The molecule has 2 heteroatoms. The summed E-state index contributed by atoms with van der Waals surface area (Å²) < 4.78 is 0. The van der Waals surface area contributed by atoms with E-state index in [1.807, 2.05) is 13.1 Å². The van der Waals surface area contributed by atoms with E-state index in [9.17, 15) is 0 Å². The minimum absolute atomic E-state index is 0.178. The van der Waals surface area contributed by atoms with Gasteiger partial charge in [-0.15, -0.1) is 0 Å². The van der Waals surface area contributed by atoms with E-state index in [1.165, 1.54) is 22.1 Å². The highest BCUT2D eigenvalue weighted by atomic mass is 14.9. The summed E-state index contributed by atoms with van der Waals surface area (Å²) in [4.78, 5) is 4.63. The fourth-order valence-corrected chi connectivity index (χ4v) is 2.84. The average Bonchev–Trinajstić information content (AvgIpc) is 2.49. The molecular formula is C19H20N2. The molecule has 0 aliphatic carbocycles. The highest BCUT2D eigenvalue weighted by Crippen LogP contribution is 2.28. The van der Waals surface area contributed by atoms with E-state index in [1.54, 1.807) is 0 Å². The van der Waals surface area contributed by atoms with Gasteiger partial charge in [0.25, 0.3) is 0 Å². The van der Waals surface area contributed by atoms with Gasteiger partial charge in [-0.05, 0) is 44.2 Å². The Morgan fingerprint density at radius 2 is 1.67 bits per heavy atom. The number of hydrogen-bond acceptors (Lipinski definition) is 2. The summed E-state index contributed by atoms with van der Waals surface area (Å²) >= 11 is 0. The Labute approximate surface area is 125 Å². The molecule has 0 bridgehead atoms. The van der Waals surface area contributed by atoms with Gasteiger partial charge in [-0.3, -0.25) is 4.98 Å². The van der Waals surface area contributed by atoms with Crippen molar-refractivity contribution >= 4 is 10.9 Å². The van der Waals surface area contributed by atoms with Gasteiger partial charge < -0.3 is 5.32 Å². The van der Waals surface area contributed by atoms with Crippen LogP contribution >= 0.6 is 0 Å². The van der Waals surface area contributed by atoms with Gasteiger partial charge in [-0.1, -0.05) is 48.0 Å². The van der Waals surface area contributed by atoms with Crippen LogP contribution < -0.4 is 5.32 Å². The van der Waals surface area contributed by atoms with Crippen LogP contribution in [0.4, 0.5) is 0 Å². The highest BCUT2D eigenvalue weighted by molar-refractivity contribution is 5.83. The molecule has 2 nitrogen and oxygen atoms in total. The van der Waals surface area contributed by atoms with Crippen LogP contribution in [-0.2, 0) is 0 Å². The topological polar surface area (TPSA) is 24.9 Å². The fourth-order valence-electron chi connectivity index (χ4n) is 2.84. The normalized spacial score (nSPS) is 12.5. The van der Waals surface area contributed by atoms with Crippen molar-refractivity contribution in [2.75, 3.05) is 7.05 Å². The smallest absolute Gasteiger partial charge is 0.0708 e. The number of aromatic nitrogens is 1. The molecule has 1 atom stereocenters. The van der Waals surface area contributed by atoms with Gasteiger partial charge in [0.15, 0.2) is 0 Å². The Bertz CT molecular complexity index is 760. The first-order valence-corrected chi connectivity index (χ1v) is 7.29. The third-order valence-electron chi connectivity index (χ3n) is 3.89. The molecule has 0 saturated heterocycles. The van der Waals surface area contributed by atoms with E-state index in [4.69, 9.17) is 0 Å². The summed E-state index contributed by atoms with van der Waals surface area (Å²) in [5, 5.41) is 4.66. The van der Waals surface area contributed by atoms with Crippen LogP contribution in [0.3, 0.4) is 0 Å². The molecule has 1 unspecified atom stereocenters. The second-order valence-electron chi connectivity index (χ2n) is 5.50. The third-order valence-corrected chi connectivity index (χ3v) is 3.89. The molecule has 0 amide bonds. The fraction of sp³-hybridized carbons (Fsp3) is 0.211. The minimum Gasteiger partial charge on any atom is -0.309 e. The minimum atomic E-state index is 0.178. The van der Waals surface area contributed by atoms with Gasteiger partial charge in [-0.2, -0.15) is 0 Å². The van der Waals surface area contributed by atoms with Crippen molar-refractivity contribution in [3.8, 4) is 0 Å². The van der Waals surface area contributed by atoms with Crippen LogP contribution in [-0.4, -0.2) is 12.0 Å². The number of para-hydroxylation sites is 1. The van der Waals surface area contributed by atoms with E-state index in [-0.39, 0.29) is 6.04 Å². The summed E-state index contributed by atoms with van der Waals surface area (Å²) in [5.41, 5.74) is 5.95. The molecule has 0 aliphatic heterocycles. The molecule has 1 heterocycles. The molecular weight excluding hydrogens is 256 g/mol. The van der Waals surface area contributed by atoms with Gasteiger partial charge in [0.1, 0.15) is 0 Å². The molecule has 3 aromatic rings. The summed E-state index contributed by atoms with van der Waals surface area (Å²) in [6, 6.07) is 19.4. The van der Waals surface area contributed by atoms with Crippen LogP contribution in [0.5, 0.6) is 0 Å². The van der Waals surface area contributed by atoms with Crippen LogP contribution in [0.25, 0.3) is 10.9 Å². The lowest BCUT2D eigenvalue weighted by Gasteiger charge is -2.20. The van der Waals surface area contributed by atoms with Gasteiger partial charge in [-0.25, -0.2) is 0 Å². The molecule has 1 N–H and O–H groups in total. The van der Waals surface area contributed by atoms with Crippen molar-refractivity contribution in [3.05, 3.63) is 77.0 Å². The summed E-state index contributed by atoms with van der Waals surface area (Å²) in [6.45, 7) is 4.17. The lowest BCUT2D eigenvalue weighted by molar-refractivity contribution is 0.695. The Kier molecular flexibility index (Phi) is 3.72. The number of aryl methyl sites for hydroxylation is 2. The molecule has 0 spiro atoms. The Balaban J connectivity index is 2.19. The zero-order valence-corrected chi connectivity index (χ0v) is 12.7. The van der Waals surface area contributed by atoms with Crippen LogP contribution in [0, 0.1) is 13.8 Å². The van der Waals surface area contributed by atoms with Crippen molar-refractivity contribution < 1.29 is 0 Å². The van der Waals surface area contributed by atoms with E-state index >= 15 is 0 Å². The van der Waals surface area contributed by atoms with E-state index in [0.717, 1.165) is 11.2 Å². The number of hydrogen-bond donors (Lipinski definition) is 1.